The van der Waals surface area contributed by atoms with Crippen LogP contribution >= 0.6 is 0 Å². The SMILES string of the molecule is Cn1c(C2CCCCC2)nc(Cc2ccccc2)c1N. The molecule has 106 valence electrons. The maximum atomic E-state index is 6.26. The van der Waals surface area contributed by atoms with E-state index in [0.717, 1.165) is 17.9 Å². The molecule has 3 heteroatoms. The summed E-state index contributed by atoms with van der Waals surface area (Å²) in [5.41, 5.74) is 8.56. The first-order valence-corrected chi connectivity index (χ1v) is 7.60. The first-order chi connectivity index (χ1) is 9.75. The van der Waals surface area contributed by atoms with Gasteiger partial charge >= 0.3 is 0 Å². The zero-order chi connectivity index (χ0) is 13.9. The normalized spacial score (nSPS) is 16.4. The number of aromatic nitrogens is 2. The Morgan fingerprint density at radius 1 is 1.15 bits per heavy atom. The summed E-state index contributed by atoms with van der Waals surface area (Å²) in [5.74, 6) is 2.61. The topological polar surface area (TPSA) is 43.8 Å². The van der Waals surface area contributed by atoms with E-state index >= 15 is 0 Å². The number of rotatable bonds is 3. The molecule has 1 aliphatic rings. The standard InChI is InChI=1S/C17H23N3/c1-20-16(18)15(12-13-8-4-2-5-9-13)19-17(20)14-10-6-3-7-11-14/h2,4-5,8-9,14H,3,6-7,10-12,18H2,1H3. The van der Waals surface area contributed by atoms with Crippen LogP contribution in [0.4, 0.5) is 5.82 Å². The van der Waals surface area contributed by atoms with Crippen molar-refractivity contribution in [2.75, 3.05) is 5.73 Å². The fourth-order valence-corrected chi connectivity index (χ4v) is 3.23. The van der Waals surface area contributed by atoms with Crippen molar-refractivity contribution in [2.24, 2.45) is 7.05 Å². The lowest BCUT2D eigenvalue weighted by Crippen LogP contribution is -2.11. The van der Waals surface area contributed by atoms with Gasteiger partial charge in [0, 0.05) is 19.4 Å². The van der Waals surface area contributed by atoms with Gasteiger partial charge in [-0.15, -0.1) is 0 Å². The quantitative estimate of drug-likeness (QED) is 0.924. The van der Waals surface area contributed by atoms with Gasteiger partial charge in [-0.1, -0.05) is 49.6 Å². The van der Waals surface area contributed by atoms with Gasteiger partial charge in [0.1, 0.15) is 11.6 Å². The molecule has 1 aromatic heterocycles. The van der Waals surface area contributed by atoms with Gasteiger partial charge in [0.05, 0.1) is 5.69 Å². The Labute approximate surface area is 120 Å². The van der Waals surface area contributed by atoms with Gasteiger partial charge in [-0.25, -0.2) is 4.98 Å². The molecule has 0 amide bonds. The predicted molar refractivity (Wildman–Crippen MR) is 82.7 cm³/mol. The van der Waals surface area contributed by atoms with Crippen molar-refractivity contribution >= 4 is 5.82 Å². The van der Waals surface area contributed by atoms with Crippen LogP contribution in [0.5, 0.6) is 0 Å². The highest BCUT2D eigenvalue weighted by molar-refractivity contribution is 5.41. The second-order valence-electron chi connectivity index (χ2n) is 5.86. The van der Waals surface area contributed by atoms with E-state index in [1.54, 1.807) is 0 Å². The third kappa shape index (κ3) is 2.58. The minimum absolute atomic E-state index is 0.598. The summed E-state index contributed by atoms with van der Waals surface area (Å²) in [7, 11) is 2.06. The van der Waals surface area contributed by atoms with Gasteiger partial charge in [-0.2, -0.15) is 0 Å². The molecule has 1 fully saturated rings. The fourth-order valence-electron chi connectivity index (χ4n) is 3.23. The van der Waals surface area contributed by atoms with Gasteiger partial charge in [0.2, 0.25) is 0 Å². The monoisotopic (exact) mass is 269 g/mol. The van der Waals surface area contributed by atoms with E-state index in [4.69, 9.17) is 10.7 Å². The molecule has 3 nitrogen and oxygen atoms in total. The Balaban J connectivity index is 1.85. The molecule has 1 saturated carbocycles. The van der Waals surface area contributed by atoms with Crippen LogP contribution in [0.1, 0.15) is 55.1 Å². The van der Waals surface area contributed by atoms with Crippen LogP contribution in [0, 0.1) is 0 Å². The van der Waals surface area contributed by atoms with Crippen LogP contribution in [-0.4, -0.2) is 9.55 Å². The van der Waals surface area contributed by atoms with Crippen molar-refractivity contribution < 1.29 is 0 Å². The van der Waals surface area contributed by atoms with E-state index in [2.05, 4.69) is 35.9 Å². The molecular weight excluding hydrogens is 246 g/mol. The number of benzene rings is 1. The van der Waals surface area contributed by atoms with Crippen molar-refractivity contribution in [1.82, 2.24) is 9.55 Å². The molecule has 1 heterocycles. The van der Waals surface area contributed by atoms with E-state index in [1.807, 2.05) is 6.07 Å². The zero-order valence-corrected chi connectivity index (χ0v) is 12.2. The number of anilines is 1. The van der Waals surface area contributed by atoms with Gasteiger partial charge in [-0.05, 0) is 18.4 Å². The number of imidazole rings is 1. The first-order valence-electron chi connectivity index (χ1n) is 7.60. The Morgan fingerprint density at radius 3 is 2.55 bits per heavy atom. The summed E-state index contributed by atoms with van der Waals surface area (Å²) < 4.78 is 2.11. The molecule has 1 aliphatic carbocycles. The minimum atomic E-state index is 0.598. The molecule has 0 aliphatic heterocycles. The second kappa shape index (κ2) is 5.70. The van der Waals surface area contributed by atoms with Crippen molar-refractivity contribution in [3.05, 3.63) is 47.4 Å². The summed E-state index contributed by atoms with van der Waals surface area (Å²) in [6.45, 7) is 0. The van der Waals surface area contributed by atoms with E-state index < -0.39 is 0 Å². The van der Waals surface area contributed by atoms with Crippen molar-refractivity contribution in [1.29, 1.82) is 0 Å². The predicted octanol–water partition coefficient (Wildman–Crippen LogP) is 3.64. The van der Waals surface area contributed by atoms with E-state index in [0.29, 0.717) is 5.92 Å². The lowest BCUT2D eigenvalue weighted by Gasteiger charge is -2.21. The average Bonchev–Trinajstić information content (AvgIpc) is 2.78. The summed E-state index contributed by atoms with van der Waals surface area (Å²) in [5, 5.41) is 0. The number of nitrogens with zero attached hydrogens (tertiary/aromatic N) is 2. The second-order valence-corrected chi connectivity index (χ2v) is 5.86. The van der Waals surface area contributed by atoms with E-state index in [1.165, 1.54) is 43.5 Å². The van der Waals surface area contributed by atoms with Crippen molar-refractivity contribution in [3.63, 3.8) is 0 Å². The van der Waals surface area contributed by atoms with Gasteiger partial charge < -0.3 is 10.3 Å². The summed E-state index contributed by atoms with van der Waals surface area (Å²) in [6.07, 6.45) is 7.36. The zero-order valence-electron chi connectivity index (χ0n) is 12.2. The Hall–Kier alpha value is -1.77. The van der Waals surface area contributed by atoms with Gasteiger partial charge in [-0.3, -0.25) is 0 Å². The Bertz CT molecular complexity index is 565. The highest BCUT2D eigenvalue weighted by Gasteiger charge is 2.22. The molecule has 0 spiro atoms. The molecule has 2 aromatic rings. The third-order valence-electron chi connectivity index (χ3n) is 4.43. The maximum Gasteiger partial charge on any atom is 0.126 e. The van der Waals surface area contributed by atoms with Crippen LogP contribution < -0.4 is 5.73 Å². The molecular formula is C17H23N3. The summed E-state index contributed by atoms with van der Waals surface area (Å²) in [4.78, 5) is 4.87. The van der Waals surface area contributed by atoms with Crippen molar-refractivity contribution in [2.45, 2.75) is 44.4 Å². The number of hydrogen-bond acceptors (Lipinski definition) is 2. The summed E-state index contributed by atoms with van der Waals surface area (Å²) >= 11 is 0. The van der Waals surface area contributed by atoms with E-state index in [9.17, 15) is 0 Å². The molecule has 20 heavy (non-hydrogen) atoms. The molecule has 3 rings (SSSR count). The van der Waals surface area contributed by atoms with E-state index in [-0.39, 0.29) is 0 Å². The highest BCUT2D eigenvalue weighted by atomic mass is 15.1. The Kier molecular flexibility index (Phi) is 3.77. The molecule has 0 atom stereocenters. The lowest BCUT2D eigenvalue weighted by atomic mass is 9.89. The number of nitrogens with two attached hydrogens (primary N) is 1. The maximum absolute atomic E-state index is 6.26. The van der Waals surface area contributed by atoms with Gasteiger partial charge in [0.25, 0.3) is 0 Å². The Morgan fingerprint density at radius 2 is 1.85 bits per heavy atom. The molecule has 0 saturated heterocycles. The van der Waals surface area contributed by atoms with Crippen LogP contribution in [0.3, 0.4) is 0 Å². The molecule has 1 aromatic carbocycles. The largest absolute Gasteiger partial charge is 0.384 e. The highest BCUT2D eigenvalue weighted by Crippen LogP contribution is 2.33. The number of nitrogen functional groups attached to an aromatic ring is 1. The molecule has 2 N–H and O–H groups in total. The lowest BCUT2D eigenvalue weighted by molar-refractivity contribution is 0.421. The molecule has 0 radical (unpaired) electrons. The average molecular weight is 269 g/mol. The molecule has 0 bridgehead atoms. The van der Waals surface area contributed by atoms with Crippen LogP contribution in [-0.2, 0) is 13.5 Å². The van der Waals surface area contributed by atoms with Crippen LogP contribution in [0.25, 0.3) is 0 Å². The third-order valence-corrected chi connectivity index (χ3v) is 4.43. The smallest absolute Gasteiger partial charge is 0.126 e. The fraction of sp³-hybridized carbons (Fsp3) is 0.471. The first kappa shape index (κ1) is 13.2. The molecule has 0 unspecified atom stereocenters. The number of hydrogen-bond donors (Lipinski definition) is 1. The summed E-state index contributed by atoms with van der Waals surface area (Å²) in [6, 6.07) is 10.4. The minimum Gasteiger partial charge on any atom is -0.384 e. The van der Waals surface area contributed by atoms with Gasteiger partial charge in [0.15, 0.2) is 0 Å². The van der Waals surface area contributed by atoms with Crippen LogP contribution in [0.2, 0.25) is 0 Å². The van der Waals surface area contributed by atoms with Crippen LogP contribution in [0.15, 0.2) is 30.3 Å². The van der Waals surface area contributed by atoms with Crippen molar-refractivity contribution in [3.8, 4) is 0 Å².